The zero-order valence-corrected chi connectivity index (χ0v) is 16.0. The van der Waals surface area contributed by atoms with E-state index in [1.165, 1.54) is 12.5 Å². The fourth-order valence-corrected chi connectivity index (χ4v) is 3.36. The summed E-state index contributed by atoms with van der Waals surface area (Å²) in [5, 5.41) is 7.12. The Bertz CT molecular complexity index is 540. The molecule has 1 amide bonds. The third kappa shape index (κ3) is 6.29. The molecule has 2 rings (SSSR count). The number of carbonyl (C=O) groups excluding carboxylic acids is 1. The van der Waals surface area contributed by atoms with Gasteiger partial charge in [-0.05, 0) is 51.0 Å². The number of hydrogen-bond acceptors (Lipinski definition) is 3. The lowest BCUT2D eigenvalue weighted by Crippen LogP contribution is -2.42. The fraction of sp³-hybridized carbons (Fsp3) is 0.533. The monoisotopic (exact) mass is 399 g/mol. The first-order valence-electron chi connectivity index (χ1n) is 7.31. The third-order valence-corrected chi connectivity index (χ3v) is 4.78. The molecule has 1 atom stereocenters. The summed E-state index contributed by atoms with van der Waals surface area (Å²) in [6, 6.07) is 3.11. The number of anilines is 1. The second-order valence-corrected chi connectivity index (χ2v) is 6.82. The molecule has 0 radical (unpaired) electrons. The van der Waals surface area contributed by atoms with E-state index in [0.29, 0.717) is 33.2 Å². The highest BCUT2D eigenvalue weighted by molar-refractivity contribution is 6.44. The normalized spacial score (nSPS) is 18.3. The topological polar surface area (TPSA) is 44.4 Å². The maximum absolute atomic E-state index is 12.2. The van der Waals surface area contributed by atoms with Crippen LogP contribution in [0.25, 0.3) is 0 Å². The highest BCUT2D eigenvalue weighted by atomic mass is 35.5. The number of benzene rings is 1. The van der Waals surface area contributed by atoms with Crippen molar-refractivity contribution in [1.29, 1.82) is 0 Å². The molecule has 1 aliphatic rings. The number of piperidine rings is 1. The minimum absolute atomic E-state index is 0. The van der Waals surface area contributed by atoms with Crippen LogP contribution in [-0.4, -0.2) is 44.0 Å². The molecule has 1 heterocycles. The van der Waals surface area contributed by atoms with Gasteiger partial charge in [-0.1, -0.05) is 34.8 Å². The fourth-order valence-electron chi connectivity index (χ4n) is 2.76. The van der Waals surface area contributed by atoms with Gasteiger partial charge in [-0.15, -0.1) is 12.4 Å². The molecule has 2 N–H and O–H groups in total. The number of nitrogens with one attached hydrogen (secondary N) is 2. The number of hydrogen-bond donors (Lipinski definition) is 2. The molecule has 8 heteroatoms. The van der Waals surface area contributed by atoms with Crippen molar-refractivity contribution in [2.24, 2.45) is 5.92 Å². The van der Waals surface area contributed by atoms with E-state index in [9.17, 15) is 4.79 Å². The van der Waals surface area contributed by atoms with Crippen molar-refractivity contribution in [3.8, 4) is 0 Å². The van der Waals surface area contributed by atoms with Gasteiger partial charge >= 0.3 is 0 Å². The maximum atomic E-state index is 12.2. The molecule has 0 spiro atoms. The average Bonchev–Trinajstić information content (AvgIpc) is 2.45. The van der Waals surface area contributed by atoms with E-state index in [1.807, 2.05) is 7.05 Å². The number of likely N-dealkylation sites (tertiary alicyclic amines) is 1. The van der Waals surface area contributed by atoms with Gasteiger partial charge in [0.25, 0.3) is 0 Å². The van der Waals surface area contributed by atoms with Gasteiger partial charge in [0, 0.05) is 6.54 Å². The van der Waals surface area contributed by atoms with Crippen LogP contribution in [0.5, 0.6) is 0 Å². The first kappa shape index (κ1) is 20.8. The van der Waals surface area contributed by atoms with Crippen LogP contribution < -0.4 is 10.6 Å². The molecule has 1 unspecified atom stereocenters. The molecular weight excluding hydrogens is 380 g/mol. The quantitative estimate of drug-likeness (QED) is 0.735. The second kappa shape index (κ2) is 9.92. The largest absolute Gasteiger partial charge is 0.324 e. The lowest BCUT2D eigenvalue weighted by Gasteiger charge is -2.32. The van der Waals surface area contributed by atoms with Crippen molar-refractivity contribution >= 4 is 58.8 Å². The van der Waals surface area contributed by atoms with E-state index in [0.717, 1.165) is 26.1 Å². The number of rotatable bonds is 5. The van der Waals surface area contributed by atoms with Crippen molar-refractivity contribution < 1.29 is 4.79 Å². The summed E-state index contributed by atoms with van der Waals surface area (Å²) >= 11 is 17.9. The Morgan fingerprint density at radius 2 is 1.96 bits per heavy atom. The maximum Gasteiger partial charge on any atom is 0.238 e. The molecule has 1 aliphatic heterocycles. The Balaban J connectivity index is 0.00000264. The number of halogens is 4. The van der Waals surface area contributed by atoms with Crippen molar-refractivity contribution in [2.45, 2.75) is 12.8 Å². The summed E-state index contributed by atoms with van der Waals surface area (Å²) in [7, 11) is 1.96. The highest BCUT2D eigenvalue weighted by Gasteiger charge is 2.21. The molecule has 0 saturated carbocycles. The van der Waals surface area contributed by atoms with Crippen LogP contribution in [0.2, 0.25) is 15.1 Å². The Kier molecular flexibility index (Phi) is 8.98. The number of carbonyl (C=O) groups is 1. The van der Waals surface area contributed by atoms with Gasteiger partial charge in [-0.2, -0.15) is 0 Å². The van der Waals surface area contributed by atoms with Crippen LogP contribution >= 0.6 is 47.2 Å². The Labute approximate surface area is 158 Å². The molecule has 0 aliphatic carbocycles. The predicted octanol–water partition coefficient (Wildman–Crippen LogP) is 3.94. The summed E-state index contributed by atoms with van der Waals surface area (Å²) < 4.78 is 0. The van der Waals surface area contributed by atoms with E-state index in [-0.39, 0.29) is 18.3 Å². The summed E-state index contributed by atoms with van der Waals surface area (Å²) in [5.74, 6) is 0.505. The van der Waals surface area contributed by atoms with Crippen molar-refractivity contribution in [2.75, 3.05) is 38.5 Å². The van der Waals surface area contributed by atoms with E-state index >= 15 is 0 Å². The van der Waals surface area contributed by atoms with Crippen molar-refractivity contribution in [1.82, 2.24) is 10.2 Å². The summed E-state index contributed by atoms with van der Waals surface area (Å²) in [5.41, 5.74) is 0.491. The van der Waals surface area contributed by atoms with E-state index in [4.69, 9.17) is 34.8 Å². The Morgan fingerprint density at radius 3 is 2.65 bits per heavy atom. The summed E-state index contributed by atoms with van der Waals surface area (Å²) in [6.45, 7) is 3.22. The van der Waals surface area contributed by atoms with Gasteiger partial charge in [-0.3, -0.25) is 9.69 Å². The average molecular weight is 401 g/mol. The zero-order valence-electron chi connectivity index (χ0n) is 12.9. The van der Waals surface area contributed by atoms with E-state index < -0.39 is 0 Å². The van der Waals surface area contributed by atoms with Gasteiger partial charge < -0.3 is 10.6 Å². The van der Waals surface area contributed by atoms with Gasteiger partial charge in [0.15, 0.2) is 0 Å². The lowest BCUT2D eigenvalue weighted by atomic mass is 9.98. The van der Waals surface area contributed by atoms with Crippen LogP contribution in [0.4, 0.5) is 5.69 Å². The smallest absolute Gasteiger partial charge is 0.238 e. The van der Waals surface area contributed by atoms with Gasteiger partial charge in [0.2, 0.25) is 5.91 Å². The summed E-state index contributed by atoms with van der Waals surface area (Å²) in [6.07, 6.45) is 2.32. The van der Waals surface area contributed by atoms with Crippen LogP contribution in [0.15, 0.2) is 12.1 Å². The molecule has 0 bridgehead atoms. The highest BCUT2D eigenvalue weighted by Crippen LogP contribution is 2.32. The minimum Gasteiger partial charge on any atom is -0.324 e. The lowest BCUT2D eigenvalue weighted by molar-refractivity contribution is -0.117. The molecular formula is C15H21Cl4N3O. The molecule has 1 aromatic rings. The molecule has 0 aromatic heterocycles. The van der Waals surface area contributed by atoms with E-state index in [2.05, 4.69) is 15.5 Å². The Morgan fingerprint density at radius 1 is 1.26 bits per heavy atom. The number of amides is 1. The minimum atomic E-state index is -0.0922. The van der Waals surface area contributed by atoms with Gasteiger partial charge in [0.05, 0.1) is 27.3 Å². The first-order valence-corrected chi connectivity index (χ1v) is 8.44. The van der Waals surface area contributed by atoms with Crippen LogP contribution in [0.3, 0.4) is 0 Å². The predicted molar refractivity (Wildman–Crippen MR) is 100 cm³/mol. The van der Waals surface area contributed by atoms with Crippen LogP contribution in [0, 0.1) is 5.92 Å². The SMILES string of the molecule is CNCC1CCCN(CC(=O)Nc2cc(Cl)c(Cl)cc2Cl)C1.Cl. The summed E-state index contributed by atoms with van der Waals surface area (Å²) in [4.78, 5) is 14.4. The van der Waals surface area contributed by atoms with Crippen molar-refractivity contribution in [3.05, 3.63) is 27.2 Å². The standard InChI is InChI=1S/C15H20Cl3N3O.ClH/c1-19-7-10-3-2-4-21(8-10)9-15(22)20-14-6-12(17)11(16)5-13(14)18;/h5-6,10,19H,2-4,7-9H2,1H3,(H,20,22);1H. The molecule has 1 aromatic carbocycles. The molecule has 4 nitrogen and oxygen atoms in total. The second-order valence-electron chi connectivity index (χ2n) is 5.60. The van der Waals surface area contributed by atoms with Gasteiger partial charge in [-0.25, -0.2) is 0 Å². The first-order chi connectivity index (χ1) is 10.5. The molecule has 1 fully saturated rings. The van der Waals surface area contributed by atoms with E-state index in [1.54, 1.807) is 6.07 Å². The molecule has 130 valence electrons. The number of nitrogens with zero attached hydrogens (tertiary/aromatic N) is 1. The molecule has 23 heavy (non-hydrogen) atoms. The van der Waals surface area contributed by atoms with Crippen LogP contribution in [-0.2, 0) is 4.79 Å². The third-order valence-electron chi connectivity index (χ3n) is 3.75. The van der Waals surface area contributed by atoms with Crippen molar-refractivity contribution in [3.63, 3.8) is 0 Å². The molecule has 1 saturated heterocycles. The van der Waals surface area contributed by atoms with Gasteiger partial charge in [0.1, 0.15) is 0 Å². The zero-order chi connectivity index (χ0) is 16.1. The Hall–Kier alpha value is -0.230. The van der Waals surface area contributed by atoms with Crippen LogP contribution in [0.1, 0.15) is 12.8 Å².